The molecule has 80 heavy (non-hydrogen) atoms. The molecule has 0 spiro atoms. The summed E-state index contributed by atoms with van der Waals surface area (Å²) in [4.78, 5) is 38.3. The average molecular weight is 1110 g/mol. The summed E-state index contributed by atoms with van der Waals surface area (Å²) in [5.41, 5.74) is 0. The highest BCUT2D eigenvalue weighted by Crippen LogP contribution is 2.16. The second-order valence-electron chi connectivity index (χ2n) is 21.3. The molecule has 0 N–H and O–H groups in total. The van der Waals surface area contributed by atoms with Crippen molar-refractivity contribution in [3.63, 3.8) is 0 Å². The van der Waals surface area contributed by atoms with Gasteiger partial charge in [0.1, 0.15) is 13.2 Å². The maximum atomic E-state index is 12.9. The van der Waals surface area contributed by atoms with E-state index in [-0.39, 0.29) is 31.1 Å². The molecule has 0 aliphatic rings. The van der Waals surface area contributed by atoms with Gasteiger partial charge in [0, 0.05) is 19.3 Å². The first-order valence-electron chi connectivity index (χ1n) is 32.8. The Morgan fingerprint density at radius 1 is 0.263 bits per heavy atom. The van der Waals surface area contributed by atoms with Crippen LogP contribution in [0.25, 0.3) is 0 Å². The van der Waals surface area contributed by atoms with Gasteiger partial charge in [0.25, 0.3) is 0 Å². The molecule has 0 aliphatic heterocycles. The highest BCUT2D eigenvalue weighted by atomic mass is 16.6. The summed E-state index contributed by atoms with van der Waals surface area (Å²) in [6.07, 6.45) is 95.8. The fourth-order valence-corrected chi connectivity index (χ4v) is 8.74. The smallest absolute Gasteiger partial charge is 0.306 e. The summed E-state index contributed by atoms with van der Waals surface area (Å²) in [7, 11) is 0. The molecule has 0 fully saturated rings. The summed E-state index contributed by atoms with van der Waals surface area (Å²) in [5.74, 6) is -0.963. The van der Waals surface area contributed by atoms with E-state index < -0.39 is 6.10 Å². The van der Waals surface area contributed by atoms with Gasteiger partial charge in [0.2, 0.25) is 0 Å². The van der Waals surface area contributed by atoms with Crippen molar-refractivity contribution in [1.82, 2.24) is 0 Å². The Morgan fingerprint density at radius 3 is 0.762 bits per heavy atom. The van der Waals surface area contributed by atoms with Gasteiger partial charge in [-0.1, -0.05) is 289 Å². The zero-order valence-electron chi connectivity index (χ0n) is 51.8. The minimum atomic E-state index is -0.809. The number of hydrogen-bond donors (Lipinski definition) is 0. The van der Waals surface area contributed by atoms with Gasteiger partial charge in [0.15, 0.2) is 6.10 Å². The van der Waals surface area contributed by atoms with E-state index in [0.717, 1.165) is 148 Å². The van der Waals surface area contributed by atoms with Gasteiger partial charge in [0.05, 0.1) is 0 Å². The molecule has 0 saturated carbocycles. The lowest BCUT2D eigenvalue weighted by Crippen LogP contribution is -2.30. The Labute approximate surface area is 493 Å². The molecular formula is C74H120O6. The highest BCUT2D eigenvalue weighted by Gasteiger charge is 2.19. The van der Waals surface area contributed by atoms with Crippen molar-refractivity contribution < 1.29 is 28.6 Å². The molecule has 0 rings (SSSR count). The molecule has 452 valence electrons. The number of allylic oxidation sites excluding steroid dienone is 24. The fraction of sp³-hybridized carbons (Fsp3) is 0.635. The average Bonchev–Trinajstić information content (AvgIpc) is 3.46. The Kier molecular flexibility index (Phi) is 62.9. The van der Waals surface area contributed by atoms with Crippen molar-refractivity contribution in [2.45, 2.75) is 290 Å². The maximum absolute atomic E-state index is 12.9. The van der Waals surface area contributed by atoms with Crippen LogP contribution in [0.5, 0.6) is 0 Å². The topological polar surface area (TPSA) is 78.9 Å². The molecule has 6 heteroatoms. The van der Waals surface area contributed by atoms with Gasteiger partial charge in [-0.3, -0.25) is 14.4 Å². The van der Waals surface area contributed by atoms with Crippen LogP contribution >= 0.6 is 0 Å². The van der Waals surface area contributed by atoms with Crippen molar-refractivity contribution in [1.29, 1.82) is 0 Å². The van der Waals surface area contributed by atoms with Gasteiger partial charge in [-0.2, -0.15) is 0 Å². The molecule has 0 heterocycles. The van der Waals surface area contributed by atoms with Crippen LogP contribution < -0.4 is 0 Å². The molecule has 0 aliphatic carbocycles. The quantitative estimate of drug-likeness (QED) is 0.0261. The predicted molar refractivity (Wildman–Crippen MR) is 348 cm³/mol. The van der Waals surface area contributed by atoms with Crippen molar-refractivity contribution >= 4 is 17.9 Å². The van der Waals surface area contributed by atoms with Gasteiger partial charge in [-0.05, 0) is 122 Å². The van der Waals surface area contributed by atoms with Crippen LogP contribution in [0.4, 0.5) is 0 Å². The molecule has 0 aromatic heterocycles. The first-order valence-corrected chi connectivity index (χ1v) is 32.8. The number of hydrogen-bond acceptors (Lipinski definition) is 6. The van der Waals surface area contributed by atoms with E-state index >= 15 is 0 Å². The number of ether oxygens (including phenoxy) is 3. The lowest BCUT2D eigenvalue weighted by molar-refractivity contribution is -0.167. The standard InChI is InChI=1S/C74H120O6/c1-4-7-10-13-16-19-22-25-27-29-31-32-33-34-35-36-37-38-39-40-41-42-43-45-46-49-52-55-58-61-64-67-73(76)79-70-71(69-78-72(75)66-63-60-57-54-51-48-24-21-18-15-12-9-6-3)80-74(77)68-65-62-59-56-53-50-47-44-30-28-26-23-20-17-14-11-8-5-2/h7,9-10,12,16,18-19,21,25,27,31-32,34-35,37-38,40-41,43,45,48-49,51-52,71H,4-6,8,11,13-15,17,20,22-24,26,28-30,33,36,39,42,44,46-47,50,53-70H2,1-3H3/b10-7-,12-9-,19-16-,21-18-,27-25-,32-31-,35-34-,38-37-,41-40-,45-43-,51-48-,52-49-. The Morgan fingerprint density at radius 2 is 0.487 bits per heavy atom. The Bertz CT molecular complexity index is 1750. The summed E-state index contributed by atoms with van der Waals surface area (Å²) in [5, 5.41) is 0. The van der Waals surface area contributed by atoms with Crippen molar-refractivity contribution in [3.8, 4) is 0 Å². The number of rotatable bonds is 58. The summed E-state index contributed by atoms with van der Waals surface area (Å²) in [6, 6.07) is 0. The highest BCUT2D eigenvalue weighted by molar-refractivity contribution is 5.71. The predicted octanol–water partition coefficient (Wildman–Crippen LogP) is 22.7. The minimum absolute atomic E-state index is 0.106. The molecule has 0 aromatic rings. The molecule has 0 bridgehead atoms. The van der Waals surface area contributed by atoms with E-state index in [1.165, 1.54) is 96.3 Å². The molecule has 0 amide bonds. The van der Waals surface area contributed by atoms with Crippen LogP contribution in [0, 0.1) is 0 Å². The van der Waals surface area contributed by atoms with E-state index in [4.69, 9.17) is 14.2 Å². The number of carbonyl (C=O) groups excluding carboxylic acids is 3. The summed E-state index contributed by atoms with van der Waals surface area (Å²) in [6.45, 7) is 6.37. The molecule has 0 aromatic carbocycles. The molecule has 0 radical (unpaired) electrons. The SMILES string of the molecule is CC/C=C\C/C=C\C/C=C\C/C=C\C/C=C\C/C=C\C/C=C\C/C=C\C/C=C\CCCCCC(=O)OCC(COC(=O)CCCCC/C=C\C/C=C\C/C=C\CC)OC(=O)CCCCCCCCCCCCCCCCCCCC. The Balaban J connectivity index is 4.40. The van der Waals surface area contributed by atoms with Gasteiger partial charge in [-0.25, -0.2) is 0 Å². The van der Waals surface area contributed by atoms with E-state index in [0.29, 0.717) is 19.3 Å². The third-order valence-corrected chi connectivity index (χ3v) is 13.6. The molecular weight excluding hydrogens is 985 g/mol. The van der Waals surface area contributed by atoms with E-state index in [1.807, 2.05) is 0 Å². The maximum Gasteiger partial charge on any atom is 0.306 e. The van der Waals surface area contributed by atoms with Gasteiger partial charge in [-0.15, -0.1) is 0 Å². The minimum Gasteiger partial charge on any atom is -0.462 e. The summed E-state index contributed by atoms with van der Waals surface area (Å²) >= 11 is 0. The van der Waals surface area contributed by atoms with Crippen LogP contribution in [0.3, 0.4) is 0 Å². The zero-order valence-corrected chi connectivity index (χ0v) is 51.8. The van der Waals surface area contributed by atoms with Gasteiger partial charge < -0.3 is 14.2 Å². The largest absolute Gasteiger partial charge is 0.462 e. The van der Waals surface area contributed by atoms with Crippen LogP contribution in [0.1, 0.15) is 284 Å². The number of unbranched alkanes of at least 4 members (excludes halogenated alkanes) is 23. The lowest BCUT2D eigenvalue weighted by atomic mass is 10.0. The molecule has 1 atom stereocenters. The van der Waals surface area contributed by atoms with Gasteiger partial charge >= 0.3 is 17.9 Å². The van der Waals surface area contributed by atoms with Crippen molar-refractivity contribution in [3.05, 3.63) is 146 Å². The third kappa shape index (κ3) is 64.1. The van der Waals surface area contributed by atoms with E-state index in [9.17, 15) is 14.4 Å². The van der Waals surface area contributed by atoms with Crippen LogP contribution in [0.2, 0.25) is 0 Å². The molecule has 1 unspecified atom stereocenters. The molecule has 6 nitrogen and oxygen atoms in total. The fourth-order valence-electron chi connectivity index (χ4n) is 8.74. The number of carbonyl (C=O) groups is 3. The second-order valence-corrected chi connectivity index (χ2v) is 21.3. The first-order chi connectivity index (χ1) is 39.5. The third-order valence-electron chi connectivity index (χ3n) is 13.6. The van der Waals surface area contributed by atoms with E-state index in [2.05, 4.69) is 167 Å². The molecule has 0 saturated heterocycles. The zero-order chi connectivity index (χ0) is 57.8. The van der Waals surface area contributed by atoms with Crippen molar-refractivity contribution in [2.75, 3.05) is 13.2 Å². The normalized spacial score (nSPS) is 13.1. The first kappa shape index (κ1) is 75.3. The van der Waals surface area contributed by atoms with Crippen molar-refractivity contribution in [2.24, 2.45) is 0 Å². The monoisotopic (exact) mass is 1100 g/mol. The Hall–Kier alpha value is -4.71. The van der Waals surface area contributed by atoms with Crippen LogP contribution in [0.15, 0.2) is 146 Å². The number of esters is 3. The van der Waals surface area contributed by atoms with E-state index in [1.54, 1.807) is 0 Å². The van der Waals surface area contributed by atoms with Crippen LogP contribution in [-0.4, -0.2) is 37.2 Å². The second kappa shape index (κ2) is 66.8. The lowest BCUT2D eigenvalue weighted by Gasteiger charge is -2.18. The van der Waals surface area contributed by atoms with Crippen LogP contribution in [-0.2, 0) is 28.6 Å². The summed E-state index contributed by atoms with van der Waals surface area (Å²) < 4.78 is 16.9.